The lowest BCUT2D eigenvalue weighted by atomic mass is 10.0. The Labute approximate surface area is 207 Å². The van der Waals surface area contributed by atoms with E-state index in [-0.39, 0.29) is 30.6 Å². The smallest absolute Gasteiger partial charge is 0.329 e. The zero-order valence-electron chi connectivity index (χ0n) is 19.9. The fraction of sp³-hybridized carbons (Fsp3) is 0.682. The number of ether oxygens (including phenoxy) is 1. The molecule has 2 rings (SSSR count). The summed E-state index contributed by atoms with van der Waals surface area (Å²) in [5.41, 5.74) is 0. The molecule has 1 saturated heterocycles. The lowest BCUT2D eigenvalue weighted by Crippen LogP contribution is -2.57. The largest absolute Gasteiger partial charge is 0.456 e. The highest BCUT2D eigenvalue weighted by atomic mass is 33.1. The van der Waals surface area contributed by atoms with Crippen LogP contribution in [0, 0.1) is 11.8 Å². The Kier molecular flexibility index (Phi) is 11.2. The van der Waals surface area contributed by atoms with E-state index < -0.39 is 53.8 Å². The van der Waals surface area contributed by atoms with Gasteiger partial charge < -0.3 is 26.0 Å². The van der Waals surface area contributed by atoms with Gasteiger partial charge in [0.2, 0.25) is 23.6 Å². The van der Waals surface area contributed by atoms with E-state index in [1.54, 1.807) is 33.8 Å². The van der Waals surface area contributed by atoms with Crippen molar-refractivity contribution in [1.82, 2.24) is 21.3 Å². The van der Waals surface area contributed by atoms with Crippen molar-refractivity contribution in [2.24, 2.45) is 11.8 Å². The molecule has 10 nitrogen and oxygen atoms in total. The monoisotopic (exact) mass is 514 g/mol. The summed E-state index contributed by atoms with van der Waals surface area (Å²) in [6, 6.07) is -2.73. The maximum Gasteiger partial charge on any atom is 0.329 e. The molecule has 34 heavy (non-hydrogen) atoms. The standard InChI is InChI=1S/C22H34N4O6S2/c1-12(2)18-21(30)24-15-11-34-33-8-6-5-7-14(9-16(27)25-18)32-22(31)19(13(3)4)26-17(28)10-23-20(15)29/h5,7,12-15,18-19H,6,8-11H2,1-4H3,(H,23,29)(H,24,30)(H,25,27)(H,26,28). The summed E-state index contributed by atoms with van der Waals surface area (Å²) in [6.07, 6.45) is 3.13. The number of esters is 1. The van der Waals surface area contributed by atoms with Crippen molar-refractivity contribution >= 4 is 51.2 Å². The van der Waals surface area contributed by atoms with Gasteiger partial charge in [-0.25, -0.2) is 4.79 Å². The Morgan fingerprint density at radius 1 is 0.882 bits per heavy atom. The van der Waals surface area contributed by atoms with Gasteiger partial charge in [-0.05, 0) is 24.3 Å². The van der Waals surface area contributed by atoms with Crippen LogP contribution in [-0.4, -0.2) is 71.9 Å². The number of amides is 4. The van der Waals surface area contributed by atoms with E-state index >= 15 is 0 Å². The lowest BCUT2D eigenvalue weighted by Gasteiger charge is -2.27. The molecule has 1 fully saturated rings. The van der Waals surface area contributed by atoms with Gasteiger partial charge in [-0.1, -0.05) is 55.4 Å². The molecule has 0 radical (unpaired) electrons. The van der Waals surface area contributed by atoms with Crippen molar-refractivity contribution in [3.8, 4) is 0 Å². The molecule has 0 aromatic carbocycles. The molecule has 2 bridgehead atoms. The van der Waals surface area contributed by atoms with Crippen molar-refractivity contribution in [3.63, 3.8) is 0 Å². The maximum atomic E-state index is 13.0. The number of fused-ring (bicyclic) bond motifs is 7. The molecule has 2 heterocycles. The van der Waals surface area contributed by atoms with E-state index in [0.29, 0.717) is 6.42 Å². The van der Waals surface area contributed by atoms with Crippen LogP contribution in [0.15, 0.2) is 12.2 Å². The van der Waals surface area contributed by atoms with Crippen molar-refractivity contribution in [3.05, 3.63) is 12.2 Å². The van der Waals surface area contributed by atoms with Crippen LogP contribution < -0.4 is 21.3 Å². The minimum atomic E-state index is -0.947. The minimum Gasteiger partial charge on any atom is -0.456 e. The highest BCUT2D eigenvalue weighted by Crippen LogP contribution is 2.23. The zero-order chi connectivity index (χ0) is 25.3. The fourth-order valence-electron chi connectivity index (χ4n) is 3.32. The van der Waals surface area contributed by atoms with E-state index in [1.807, 2.05) is 6.08 Å². The quantitative estimate of drug-likeness (QED) is 0.237. The summed E-state index contributed by atoms with van der Waals surface area (Å²) in [4.78, 5) is 64.0. The van der Waals surface area contributed by atoms with Gasteiger partial charge in [0.25, 0.3) is 0 Å². The summed E-state index contributed by atoms with van der Waals surface area (Å²) in [7, 11) is 2.97. The molecule has 190 valence electrons. The summed E-state index contributed by atoms with van der Waals surface area (Å²) in [5.74, 6) is -2.24. The number of carbonyl (C=O) groups excluding carboxylic acids is 5. The van der Waals surface area contributed by atoms with Crippen LogP contribution in [0.2, 0.25) is 0 Å². The van der Waals surface area contributed by atoms with E-state index in [0.717, 1.165) is 5.75 Å². The molecule has 4 unspecified atom stereocenters. The Hall–Kier alpha value is -2.21. The third kappa shape index (κ3) is 8.86. The summed E-state index contributed by atoms with van der Waals surface area (Å²) < 4.78 is 5.60. The van der Waals surface area contributed by atoms with Crippen LogP contribution >= 0.6 is 21.6 Å². The van der Waals surface area contributed by atoms with Gasteiger partial charge >= 0.3 is 5.97 Å². The van der Waals surface area contributed by atoms with Gasteiger partial charge in [0, 0.05) is 11.5 Å². The Morgan fingerprint density at radius 2 is 1.56 bits per heavy atom. The molecule has 0 aromatic rings. The van der Waals surface area contributed by atoms with E-state index in [2.05, 4.69) is 21.3 Å². The lowest BCUT2D eigenvalue weighted by molar-refractivity contribution is -0.153. The van der Waals surface area contributed by atoms with E-state index in [4.69, 9.17) is 4.74 Å². The predicted molar refractivity (Wildman–Crippen MR) is 132 cm³/mol. The average molecular weight is 515 g/mol. The SMILES string of the molecule is CC(C)C1NC(=O)CC2C=CCCSSCC(NC1=O)C(=O)NCC(=O)NC(C(C)C)C(=O)O2. The highest BCUT2D eigenvalue weighted by molar-refractivity contribution is 8.76. The molecule has 4 N–H and O–H groups in total. The number of rotatable bonds is 2. The molecule has 0 saturated carbocycles. The van der Waals surface area contributed by atoms with Crippen LogP contribution in [0.1, 0.15) is 40.5 Å². The Morgan fingerprint density at radius 3 is 2.24 bits per heavy atom. The summed E-state index contributed by atoms with van der Waals surface area (Å²) in [5, 5.41) is 10.6. The van der Waals surface area contributed by atoms with Crippen molar-refractivity contribution in [2.45, 2.75) is 64.8 Å². The molecular weight excluding hydrogens is 480 g/mol. The summed E-state index contributed by atoms with van der Waals surface area (Å²) >= 11 is 0. The van der Waals surface area contributed by atoms with Crippen LogP contribution in [0.25, 0.3) is 0 Å². The number of hydrogen-bond donors (Lipinski definition) is 4. The van der Waals surface area contributed by atoms with Crippen LogP contribution in [0.3, 0.4) is 0 Å². The topological polar surface area (TPSA) is 143 Å². The average Bonchev–Trinajstić information content (AvgIpc) is 2.76. The molecule has 4 amide bonds. The molecule has 0 aliphatic carbocycles. The third-order valence-corrected chi connectivity index (χ3v) is 7.70. The first-order chi connectivity index (χ1) is 16.1. The minimum absolute atomic E-state index is 0.177. The fourth-order valence-corrected chi connectivity index (χ4v) is 5.47. The van der Waals surface area contributed by atoms with Gasteiger partial charge in [-0.3, -0.25) is 19.2 Å². The van der Waals surface area contributed by atoms with Crippen molar-refractivity contribution < 1.29 is 28.7 Å². The first kappa shape index (κ1) is 28.0. The first-order valence-corrected chi connectivity index (χ1v) is 13.9. The number of allylic oxidation sites excluding steroid dienone is 1. The van der Waals surface area contributed by atoms with Crippen LogP contribution in [0.5, 0.6) is 0 Å². The van der Waals surface area contributed by atoms with Gasteiger partial charge in [0.05, 0.1) is 13.0 Å². The van der Waals surface area contributed by atoms with Crippen LogP contribution in [-0.2, 0) is 28.7 Å². The first-order valence-electron chi connectivity index (χ1n) is 11.4. The van der Waals surface area contributed by atoms with Crippen LogP contribution in [0.4, 0.5) is 0 Å². The number of carbonyl (C=O) groups is 5. The number of hydrogen-bond acceptors (Lipinski definition) is 8. The molecule has 12 heteroatoms. The molecule has 4 atom stereocenters. The normalized spacial score (nSPS) is 28.5. The Balaban J connectivity index is 2.45. The number of nitrogens with one attached hydrogen (secondary N) is 4. The molecule has 2 aliphatic rings. The zero-order valence-corrected chi connectivity index (χ0v) is 21.6. The third-order valence-electron chi connectivity index (χ3n) is 5.25. The van der Waals surface area contributed by atoms with Gasteiger partial charge in [-0.15, -0.1) is 0 Å². The van der Waals surface area contributed by atoms with Crippen molar-refractivity contribution in [2.75, 3.05) is 18.1 Å². The second-order valence-electron chi connectivity index (χ2n) is 8.86. The van der Waals surface area contributed by atoms with Crippen molar-refractivity contribution in [1.29, 1.82) is 0 Å². The molecule has 0 spiro atoms. The van der Waals surface area contributed by atoms with E-state index in [1.165, 1.54) is 21.6 Å². The summed E-state index contributed by atoms with van der Waals surface area (Å²) in [6.45, 7) is 6.73. The second-order valence-corrected chi connectivity index (χ2v) is 11.5. The van der Waals surface area contributed by atoms with Gasteiger partial charge in [0.15, 0.2) is 0 Å². The molecule has 2 aliphatic heterocycles. The predicted octanol–water partition coefficient (Wildman–Crippen LogP) is 0.526. The Bertz CT molecular complexity index is 804. The highest BCUT2D eigenvalue weighted by Gasteiger charge is 2.32. The van der Waals surface area contributed by atoms with Gasteiger partial charge in [-0.2, -0.15) is 0 Å². The van der Waals surface area contributed by atoms with Gasteiger partial charge in [0.1, 0.15) is 24.2 Å². The second kappa shape index (κ2) is 13.6. The molecular formula is C22H34N4O6S2. The molecule has 0 aromatic heterocycles. The van der Waals surface area contributed by atoms with E-state index in [9.17, 15) is 24.0 Å². The maximum absolute atomic E-state index is 13.0.